The van der Waals surface area contributed by atoms with Gasteiger partial charge in [-0.2, -0.15) is 13.2 Å². The fraction of sp³-hybridized carbons (Fsp3) is 0.476. The van der Waals surface area contributed by atoms with Gasteiger partial charge in [0.25, 0.3) is 11.5 Å². The molecule has 1 aliphatic heterocycles. The molecule has 1 aliphatic rings. The molecular weight excluding hydrogens is 429 g/mol. The molecule has 1 N–H and O–H groups in total. The average molecular weight is 453 g/mol. The molecular formula is C21H23F3N4O2S. The third kappa shape index (κ3) is 4.00. The third-order valence-corrected chi connectivity index (χ3v) is 6.84. The van der Waals surface area contributed by atoms with Gasteiger partial charge >= 0.3 is 6.18 Å². The lowest BCUT2D eigenvalue weighted by atomic mass is 9.87. The van der Waals surface area contributed by atoms with Gasteiger partial charge in [-0.1, -0.05) is 13.0 Å². The molecule has 0 spiro atoms. The number of alkyl halides is 3. The molecule has 0 aliphatic carbocycles. The van der Waals surface area contributed by atoms with E-state index in [0.29, 0.717) is 42.8 Å². The summed E-state index contributed by atoms with van der Waals surface area (Å²) in [6, 6.07) is 4.39. The fourth-order valence-electron chi connectivity index (χ4n) is 4.09. The highest BCUT2D eigenvalue weighted by molar-refractivity contribution is 7.12. The smallest absolute Gasteiger partial charge is 0.338 e. The number of aromatic amines is 1. The minimum atomic E-state index is -4.62. The van der Waals surface area contributed by atoms with Gasteiger partial charge in [0, 0.05) is 19.1 Å². The van der Waals surface area contributed by atoms with Crippen LogP contribution in [0.2, 0.25) is 0 Å². The summed E-state index contributed by atoms with van der Waals surface area (Å²) in [5.74, 6) is -0.321. The van der Waals surface area contributed by atoms with E-state index in [1.165, 1.54) is 16.0 Å². The Hall–Kier alpha value is -2.62. The molecule has 0 bridgehead atoms. The number of pyridine rings is 1. The summed E-state index contributed by atoms with van der Waals surface area (Å²) < 4.78 is 42.2. The Bertz CT molecular complexity index is 1140. The third-order valence-electron chi connectivity index (χ3n) is 5.98. The highest BCUT2D eigenvalue weighted by Gasteiger charge is 2.36. The van der Waals surface area contributed by atoms with Gasteiger partial charge in [0.1, 0.15) is 5.69 Å². The number of hydrogen-bond donors (Lipinski definition) is 1. The van der Waals surface area contributed by atoms with Crippen molar-refractivity contribution < 1.29 is 18.0 Å². The van der Waals surface area contributed by atoms with Crippen molar-refractivity contribution in [2.75, 3.05) is 13.1 Å². The van der Waals surface area contributed by atoms with Crippen LogP contribution in [-0.4, -0.2) is 38.7 Å². The zero-order chi connectivity index (χ0) is 22.3. The minimum absolute atomic E-state index is 0.0428. The van der Waals surface area contributed by atoms with E-state index in [-0.39, 0.29) is 28.9 Å². The second-order valence-corrected chi connectivity index (χ2v) is 8.85. The normalized spacial score (nSPS) is 16.7. The second-order valence-electron chi connectivity index (χ2n) is 7.91. The molecule has 1 atom stereocenters. The molecule has 0 unspecified atom stereocenters. The van der Waals surface area contributed by atoms with Gasteiger partial charge in [-0.25, -0.2) is 4.98 Å². The fourth-order valence-corrected chi connectivity index (χ4v) is 4.79. The minimum Gasteiger partial charge on any atom is -0.338 e. The summed E-state index contributed by atoms with van der Waals surface area (Å²) in [6.07, 6.45) is -3.01. The number of piperidine rings is 1. The Morgan fingerprint density at radius 2 is 2.06 bits per heavy atom. The van der Waals surface area contributed by atoms with E-state index in [1.807, 2.05) is 25.3 Å². The zero-order valence-electron chi connectivity index (χ0n) is 17.2. The number of rotatable bonds is 4. The molecule has 3 aromatic heterocycles. The van der Waals surface area contributed by atoms with Gasteiger partial charge in [-0.15, -0.1) is 11.3 Å². The predicted molar refractivity (Wildman–Crippen MR) is 113 cm³/mol. The molecule has 4 heterocycles. The number of carbonyl (C=O) groups excluding carboxylic acids is 1. The van der Waals surface area contributed by atoms with Crippen molar-refractivity contribution in [2.24, 2.45) is 0 Å². The van der Waals surface area contributed by atoms with Crippen LogP contribution in [0.4, 0.5) is 13.2 Å². The number of thiophene rings is 1. The number of hydrogen-bond acceptors (Lipinski definition) is 4. The van der Waals surface area contributed by atoms with Crippen molar-refractivity contribution in [3.63, 3.8) is 0 Å². The lowest BCUT2D eigenvalue weighted by Gasteiger charge is -2.32. The zero-order valence-corrected chi connectivity index (χ0v) is 18.0. The van der Waals surface area contributed by atoms with E-state index in [1.54, 1.807) is 11.0 Å². The highest BCUT2D eigenvalue weighted by Crippen LogP contribution is 2.37. The molecule has 10 heteroatoms. The van der Waals surface area contributed by atoms with E-state index in [9.17, 15) is 22.8 Å². The molecule has 1 fully saturated rings. The lowest BCUT2D eigenvalue weighted by molar-refractivity contribution is -0.141. The molecule has 1 saturated heterocycles. The molecule has 6 nitrogen and oxygen atoms in total. The van der Waals surface area contributed by atoms with Gasteiger partial charge in [0.15, 0.2) is 5.65 Å². The molecule has 0 aromatic carbocycles. The van der Waals surface area contributed by atoms with Gasteiger partial charge in [0.05, 0.1) is 10.3 Å². The Morgan fingerprint density at radius 1 is 1.35 bits per heavy atom. The van der Waals surface area contributed by atoms with Gasteiger partial charge < -0.3 is 4.90 Å². The van der Waals surface area contributed by atoms with Crippen molar-refractivity contribution in [1.82, 2.24) is 19.7 Å². The van der Waals surface area contributed by atoms with Gasteiger partial charge in [-0.3, -0.25) is 19.4 Å². The lowest BCUT2D eigenvalue weighted by Crippen LogP contribution is -2.37. The van der Waals surface area contributed by atoms with Crippen LogP contribution in [0.1, 0.15) is 66.0 Å². The summed E-state index contributed by atoms with van der Waals surface area (Å²) in [6.45, 7) is 4.57. The van der Waals surface area contributed by atoms with E-state index in [2.05, 4.69) is 10.1 Å². The molecule has 1 amide bonds. The molecule has 3 aromatic rings. The highest BCUT2D eigenvalue weighted by atomic mass is 32.1. The van der Waals surface area contributed by atoms with Crippen LogP contribution in [0.3, 0.4) is 0 Å². The van der Waals surface area contributed by atoms with E-state index >= 15 is 0 Å². The maximum absolute atomic E-state index is 13.6. The van der Waals surface area contributed by atoms with E-state index in [4.69, 9.17) is 0 Å². The topological polar surface area (TPSA) is 71.0 Å². The van der Waals surface area contributed by atoms with Gasteiger partial charge in [0.2, 0.25) is 0 Å². The van der Waals surface area contributed by atoms with Crippen molar-refractivity contribution in [1.29, 1.82) is 0 Å². The Balaban J connectivity index is 1.71. The monoisotopic (exact) mass is 452 g/mol. The predicted octanol–water partition coefficient (Wildman–Crippen LogP) is 4.80. The van der Waals surface area contributed by atoms with Crippen LogP contribution < -0.4 is 5.56 Å². The average Bonchev–Trinajstić information content (AvgIpc) is 3.40. The van der Waals surface area contributed by atoms with Crippen molar-refractivity contribution >= 4 is 28.3 Å². The van der Waals surface area contributed by atoms with Crippen LogP contribution in [-0.2, 0) is 6.18 Å². The largest absolute Gasteiger partial charge is 0.433 e. The van der Waals surface area contributed by atoms with Crippen molar-refractivity contribution in [3.8, 4) is 0 Å². The van der Waals surface area contributed by atoms with Crippen LogP contribution >= 0.6 is 11.3 Å². The van der Waals surface area contributed by atoms with Crippen molar-refractivity contribution in [2.45, 2.75) is 51.2 Å². The van der Waals surface area contributed by atoms with Crippen LogP contribution in [0.25, 0.3) is 11.0 Å². The number of H-pyrrole nitrogens is 1. The standard InChI is InChI=1S/C21H23F3N4O2S/c1-3-12(2)28-18-17(19(29)26-28)14(11-16(25-18)21(22,23)24)13-6-8-27(9-7-13)20(30)15-5-4-10-31-15/h4-5,10-13H,3,6-9H2,1-2H3,(H,26,29)/t12-/m0/s1. The number of halogens is 3. The maximum Gasteiger partial charge on any atom is 0.433 e. The van der Waals surface area contributed by atoms with Crippen LogP contribution in [0.15, 0.2) is 28.4 Å². The van der Waals surface area contributed by atoms with Gasteiger partial charge in [-0.05, 0) is 55.2 Å². The quantitative estimate of drug-likeness (QED) is 0.618. The summed E-state index contributed by atoms with van der Waals surface area (Å²) >= 11 is 1.37. The number of nitrogens with zero attached hydrogens (tertiary/aromatic N) is 3. The first kappa shape index (κ1) is 21.6. The summed E-state index contributed by atoms with van der Waals surface area (Å²) in [7, 11) is 0. The first-order valence-corrected chi connectivity index (χ1v) is 11.1. The van der Waals surface area contributed by atoms with Crippen LogP contribution in [0, 0.1) is 0 Å². The second kappa shape index (κ2) is 8.14. The number of fused-ring (bicyclic) bond motifs is 1. The summed E-state index contributed by atoms with van der Waals surface area (Å²) in [5, 5.41) is 4.73. The van der Waals surface area contributed by atoms with Crippen LogP contribution in [0.5, 0.6) is 0 Å². The maximum atomic E-state index is 13.6. The number of aromatic nitrogens is 3. The van der Waals surface area contributed by atoms with Crippen molar-refractivity contribution in [3.05, 3.63) is 50.1 Å². The molecule has 31 heavy (non-hydrogen) atoms. The number of amides is 1. The Labute approximate surface area is 180 Å². The first-order valence-electron chi connectivity index (χ1n) is 10.3. The molecule has 0 radical (unpaired) electrons. The summed E-state index contributed by atoms with van der Waals surface area (Å²) in [4.78, 5) is 31.5. The number of likely N-dealkylation sites (tertiary alicyclic amines) is 1. The molecule has 166 valence electrons. The SMILES string of the molecule is CC[C@H](C)n1[nH]c(=O)c2c(C3CCN(C(=O)c4cccs4)CC3)cc(C(F)(F)F)nc21. The Kier molecular flexibility index (Phi) is 5.67. The number of carbonyl (C=O) groups is 1. The molecule has 0 saturated carbocycles. The van der Waals surface area contributed by atoms with E-state index < -0.39 is 17.4 Å². The first-order chi connectivity index (χ1) is 14.7. The summed E-state index contributed by atoms with van der Waals surface area (Å²) in [5.41, 5.74) is -1.02. The Morgan fingerprint density at radius 3 is 2.65 bits per heavy atom. The van der Waals surface area contributed by atoms with E-state index in [0.717, 1.165) is 6.07 Å². The molecule has 4 rings (SSSR count). The number of nitrogens with one attached hydrogen (secondary N) is 1.